The van der Waals surface area contributed by atoms with Crippen molar-refractivity contribution in [2.75, 3.05) is 0 Å². The van der Waals surface area contributed by atoms with Crippen LogP contribution in [0.1, 0.15) is 148 Å². The van der Waals surface area contributed by atoms with E-state index in [1.54, 1.807) is 122 Å². The van der Waals surface area contributed by atoms with E-state index in [0.717, 1.165) is 23.7 Å². The fraction of sp³-hybridized carbons (Fsp3) is 1.00. The Morgan fingerprint density at radius 3 is 1.08 bits per heavy atom. The molecule has 6 aliphatic carbocycles. The van der Waals surface area contributed by atoms with E-state index >= 15 is 0 Å². The third kappa shape index (κ3) is 4.74. The number of hydrogen-bond donors (Lipinski definition) is 0. The minimum atomic E-state index is -1.38. The smallest absolute Gasteiger partial charge is 0.0578 e. The Bertz CT molecular complexity index is 607. The van der Waals surface area contributed by atoms with Crippen LogP contribution in [-0.4, -0.2) is 8.07 Å². The lowest BCUT2D eigenvalue weighted by Crippen LogP contribution is -2.50. The topological polar surface area (TPSA) is 0 Å². The Balaban J connectivity index is 1.33. The van der Waals surface area contributed by atoms with Crippen LogP contribution in [0.5, 0.6) is 0 Å². The minimum Gasteiger partial charge on any atom is -0.0687 e. The van der Waals surface area contributed by atoms with Gasteiger partial charge in [0.15, 0.2) is 0 Å². The molecule has 6 rings (SSSR count). The van der Waals surface area contributed by atoms with Crippen molar-refractivity contribution in [3.63, 3.8) is 0 Å². The molecule has 36 heavy (non-hydrogen) atoms. The fourth-order valence-electron chi connectivity index (χ4n) is 13.1. The molecule has 0 aromatic carbocycles. The first-order valence-electron chi connectivity index (χ1n) is 17.7. The highest BCUT2D eigenvalue weighted by Crippen LogP contribution is 2.71. The first-order valence-corrected chi connectivity index (χ1v) is 20.6. The van der Waals surface area contributed by atoms with Gasteiger partial charge in [-0.25, -0.2) is 0 Å². The van der Waals surface area contributed by atoms with Gasteiger partial charge in [0.05, 0.1) is 8.07 Å². The highest BCUT2D eigenvalue weighted by atomic mass is 28.3. The predicted octanol–water partition coefficient (Wildman–Crippen LogP) is 11.4. The quantitative estimate of drug-likeness (QED) is 0.214. The number of fused-ring (bicyclic) bond motifs is 6. The Labute approximate surface area is 226 Å². The molecule has 8 atom stereocenters. The third-order valence-electron chi connectivity index (χ3n) is 14.0. The largest absolute Gasteiger partial charge is 0.0687 e. The van der Waals surface area contributed by atoms with Crippen LogP contribution in [0.3, 0.4) is 0 Å². The van der Waals surface area contributed by atoms with Crippen LogP contribution >= 0.6 is 0 Å². The molecule has 6 fully saturated rings. The van der Waals surface area contributed by atoms with Crippen molar-refractivity contribution in [2.24, 2.45) is 47.3 Å². The molecule has 0 amide bonds. The predicted molar refractivity (Wildman–Crippen MR) is 159 cm³/mol. The van der Waals surface area contributed by atoms with E-state index in [1.807, 2.05) is 0 Å². The second-order valence-corrected chi connectivity index (χ2v) is 20.4. The first-order chi connectivity index (χ1) is 17.7. The van der Waals surface area contributed by atoms with Gasteiger partial charge in [0, 0.05) is 0 Å². The number of unbranched alkanes of at least 4 members (excludes halogenated alkanes) is 5. The molecular weight excluding hydrogens is 448 g/mol. The molecule has 0 aromatic rings. The molecule has 0 spiro atoms. The summed E-state index contributed by atoms with van der Waals surface area (Å²) in [6.45, 7) is 5.51. The van der Waals surface area contributed by atoms with Crippen molar-refractivity contribution >= 4 is 8.07 Å². The van der Waals surface area contributed by atoms with E-state index in [1.165, 1.54) is 60.4 Å². The standard InChI is InChI=1S/C35H62Si/c1-3-4-5-6-7-16-25-36(2,34-30-21-12-8-17-26(30)27-18-9-13-22-31(27)34)35-32-23-14-10-19-28(32)29-20-11-15-24-33(29)35/h26-35H,3-25H2,1-2H3. The summed E-state index contributed by atoms with van der Waals surface area (Å²) in [7, 11) is -1.38. The fourth-order valence-corrected chi connectivity index (χ4v) is 20.8. The van der Waals surface area contributed by atoms with Gasteiger partial charge >= 0.3 is 0 Å². The Hall–Kier alpha value is 0.217. The Kier molecular flexibility index (Phi) is 8.64. The van der Waals surface area contributed by atoms with Gasteiger partial charge in [-0.1, -0.05) is 135 Å². The van der Waals surface area contributed by atoms with Crippen molar-refractivity contribution in [2.45, 2.75) is 172 Å². The molecule has 0 aromatic heterocycles. The van der Waals surface area contributed by atoms with E-state index in [-0.39, 0.29) is 0 Å². The van der Waals surface area contributed by atoms with Crippen molar-refractivity contribution < 1.29 is 0 Å². The molecule has 6 saturated carbocycles. The lowest BCUT2D eigenvalue weighted by Gasteiger charge is -2.51. The van der Waals surface area contributed by atoms with Gasteiger partial charge in [-0.3, -0.25) is 0 Å². The Morgan fingerprint density at radius 1 is 0.417 bits per heavy atom. The summed E-state index contributed by atoms with van der Waals surface area (Å²) in [6, 6.07) is 1.74. The van der Waals surface area contributed by atoms with Crippen LogP contribution in [0, 0.1) is 47.3 Å². The summed E-state index contributed by atoms with van der Waals surface area (Å²) in [4.78, 5) is 0. The number of hydrogen-bond acceptors (Lipinski definition) is 0. The molecule has 0 bridgehead atoms. The van der Waals surface area contributed by atoms with Crippen LogP contribution in [0.4, 0.5) is 0 Å². The average Bonchev–Trinajstić information content (AvgIpc) is 3.45. The van der Waals surface area contributed by atoms with E-state index in [0.29, 0.717) is 0 Å². The summed E-state index contributed by atoms with van der Waals surface area (Å²) in [5.41, 5.74) is 2.47. The molecule has 0 aliphatic heterocycles. The van der Waals surface area contributed by atoms with Crippen molar-refractivity contribution in [1.29, 1.82) is 0 Å². The molecule has 0 heterocycles. The maximum Gasteiger partial charge on any atom is 0.0578 e. The average molecular weight is 511 g/mol. The zero-order valence-corrected chi connectivity index (χ0v) is 25.5. The second kappa shape index (κ2) is 11.8. The molecule has 0 radical (unpaired) electrons. The van der Waals surface area contributed by atoms with Crippen LogP contribution in [0.25, 0.3) is 0 Å². The summed E-state index contributed by atoms with van der Waals surface area (Å²) >= 11 is 0. The molecular formula is C35H62Si. The zero-order chi connectivity index (χ0) is 24.5. The maximum absolute atomic E-state index is 3.12. The molecule has 8 unspecified atom stereocenters. The summed E-state index contributed by atoms with van der Waals surface area (Å²) in [5, 5.41) is 0. The van der Waals surface area contributed by atoms with Gasteiger partial charge in [0.2, 0.25) is 0 Å². The summed E-state index contributed by atoms with van der Waals surface area (Å²) < 4.78 is 0. The van der Waals surface area contributed by atoms with E-state index in [9.17, 15) is 0 Å². The number of rotatable bonds is 9. The van der Waals surface area contributed by atoms with Gasteiger partial charge < -0.3 is 0 Å². The van der Waals surface area contributed by atoms with E-state index in [4.69, 9.17) is 0 Å². The molecule has 6 aliphatic rings. The monoisotopic (exact) mass is 510 g/mol. The van der Waals surface area contributed by atoms with Gasteiger partial charge in [0.25, 0.3) is 0 Å². The first kappa shape index (κ1) is 26.4. The van der Waals surface area contributed by atoms with Gasteiger partial charge in [-0.2, -0.15) is 0 Å². The normalized spacial score (nSPS) is 45.8. The lowest BCUT2D eigenvalue weighted by molar-refractivity contribution is 0.184. The maximum atomic E-state index is 3.12. The minimum absolute atomic E-state index is 1.16. The van der Waals surface area contributed by atoms with Crippen LogP contribution in [-0.2, 0) is 0 Å². The molecule has 0 saturated heterocycles. The van der Waals surface area contributed by atoms with Crippen LogP contribution in [0.15, 0.2) is 0 Å². The van der Waals surface area contributed by atoms with E-state index in [2.05, 4.69) is 13.5 Å². The highest BCUT2D eigenvalue weighted by molar-refractivity contribution is 6.81. The molecule has 206 valence electrons. The molecule has 1 heteroatoms. The van der Waals surface area contributed by atoms with Gasteiger partial charge in [0.1, 0.15) is 0 Å². The second-order valence-electron chi connectivity index (χ2n) is 15.5. The molecule has 0 N–H and O–H groups in total. The SMILES string of the molecule is CCCCCCCC[Si](C)(C1C2CCCCC2C2CCCCC21)C1C2CCCCC2C2CCCCC21. The van der Waals surface area contributed by atoms with E-state index < -0.39 is 8.07 Å². The van der Waals surface area contributed by atoms with Gasteiger partial charge in [-0.15, -0.1) is 0 Å². The lowest BCUT2D eigenvalue weighted by atomic mass is 9.73. The van der Waals surface area contributed by atoms with Crippen molar-refractivity contribution in [3.8, 4) is 0 Å². The highest BCUT2D eigenvalue weighted by Gasteiger charge is 2.64. The molecule has 0 nitrogen and oxygen atoms in total. The zero-order valence-electron chi connectivity index (χ0n) is 24.5. The van der Waals surface area contributed by atoms with Gasteiger partial charge in [-0.05, 0) is 84.1 Å². The summed E-state index contributed by atoms with van der Waals surface area (Å²) in [5.74, 6) is 9.35. The van der Waals surface area contributed by atoms with Crippen LogP contribution in [0.2, 0.25) is 23.7 Å². The van der Waals surface area contributed by atoms with Crippen molar-refractivity contribution in [3.05, 3.63) is 0 Å². The van der Waals surface area contributed by atoms with Crippen LogP contribution < -0.4 is 0 Å². The van der Waals surface area contributed by atoms with Crippen molar-refractivity contribution in [1.82, 2.24) is 0 Å². The third-order valence-corrected chi connectivity index (χ3v) is 20.2. The summed E-state index contributed by atoms with van der Waals surface area (Å²) in [6.07, 6.45) is 34.8. The Morgan fingerprint density at radius 2 is 0.722 bits per heavy atom.